The van der Waals surface area contributed by atoms with Crippen LogP contribution in [-0.4, -0.2) is 55.9 Å². The predicted octanol–water partition coefficient (Wildman–Crippen LogP) is 1.38. The number of hydrogen-bond acceptors (Lipinski definition) is 6. The average molecular weight is 385 g/mol. The largest absolute Gasteiger partial charge is 0.355 e. The van der Waals surface area contributed by atoms with Crippen molar-refractivity contribution in [3.8, 4) is 0 Å². The molecule has 26 heavy (non-hydrogen) atoms. The smallest absolute Gasteiger partial charge is 0.271 e. The van der Waals surface area contributed by atoms with Crippen LogP contribution in [0.4, 0.5) is 5.69 Å². The fraction of sp³-hybridized carbons (Fsp3) is 0.500. The highest BCUT2D eigenvalue weighted by Gasteiger charge is 2.23. The van der Waals surface area contributed by atoms with Gasteiger partial charge in [0.2, 0.25) is 5.91 Å². The van der Waals surface area contributed by atoms with Gasteiger partial charge in [0.05, 0.1) is 16.4 Å². The van der Waals surface area contributed by atoms with Crippen molar-refractivity contribution in [2.75, 3.05) is 25.9 Å². The number of carbonyl (C=O) groups is 2. The first-order chi connectivity index (χ1) is 12.1. The van der Waals surface area contributed by atoms with E-state index in [4.69, 9.17) is 0 Å². The van der Waals surface area contributed by atoms with Crippen LogP contribution in [0.2, 0.25) is 0 Å². The van der Waals surface area contributed by atoms with Crippen molar-refractivity contribution < 1.29 is 22.9 Å². The van der Waals surface area contributed by atoms with Crippen molar-refractivity contribution >= 4 is 27.3 Å². The minimum atomic E-state index is -3.74. The summed E-state index contributed by atoms with van der Waals surface area (Å²) >= 11 is 0. The number of benzene rings is 1. The second-order valence-corrected chi connectivity index (χ2v) is 7.84. The number of nitrogens with zero attached hydrogens (tertiary/aromatic N) is 2. The number of rotatable bonds is 9. The van der Waals surface area contributed by atoms with E-state index in [-0.39, 0.29) is 29.5 Å². The van der Waals surface area contributed by atoms with E-state index in [2.05, 4.69) is 5.32 Å². The standard InChI is InChI=1S/C16H23N3O6S/c1-4-6-17-15(20)11-18(7-5-2)16(21)12-8-13(19(22)23)10-14(9-12)26(3,24)25/h8-10H,4-7,11H2,1-3H3,(H,17,20). The van der Waals surface area contributed by atoms with E-state index >= 15 is 0 Å². The molecule has 0 aliphatic carbocycles. The van der Waals surface area contributed by atoms with Crippen molar-refractivity contribution in [1.82, 2.24) is 10.2 Å². The van der Waals surface area contributed by atoms with Crippen LogP contribution in [0.15, 0.2) is 23.1 Å². The van der Waals surface area contributed by atoms with Crippen molar-refractivity contribution in [1.29, 1.82) is 0 Å². The maximum absolute atomic E-state index is 12.7. The fourth-order valence-corrected chi connectivity index (χ4v) is 2.90. The van der Waals surface area contributed by atoms with Crippen LogP contribution in [-0.2, 0) is 14.6 Å². The summed E-state index contributed by atoms with van der Waals surface area (Å²) in [6.45, 7) is 4.24. The van der Waals surface area contributed by atoms with Crippen LogP contribution in [0, 0.1) is 10.1 Å². The summed E-state index contributed by atoms with van der Waals surface area (Å²) in [5.41, 5.74) is -0.639. The Bertz CT molecular complexity index is 791. The molecule has 10 heteroatoms. The molecule has 0 atom stereocenters. The van der Waals surface area contributed by atoms with E-state index in [1.54, 1.807) is 0 Å². The molecule has 0 fully saturated rings. The molecule has 0 spiro atoms. The van der Waals surface area contributed by atoms with Crippen LogP contribution < -0.4 is 5.32 Å². The van der Waals surface area contributed by atoms with E-state index in [0.717, 1.165) is 30.9 Å². The SMILES string of the molecule is CCCNC(=O)CN(CCC)C(=O)c1cc([N+](=O)[O-])cc(S(C)(=O)=O)c1. The number of carbonyl (C=O) groups excluding carboxylic acids is 2. The van der Waals surface area contributed by atoms with Gasteiger partial charge >= 0.3 is 0 Å². The molecule has 2 amide bonds. The highest BCUT2D eigenvalue weighted by Crippen LogP contribution is 2.22. The molecule has 1 aromatic carbocycles. The van der Waals surface area contributed by atoms with Gasteiger partial charge in [-0.1, -0.05) is 13.8 Å². The molecule has 1 N–H and O–H groups in total. The Morgan fingerprint density at radius 1 is 1.19 bits per heavy atom. The van der Waals surface area contributed by atoms with E-state index < -0.39 is 26.4 Å². The zero-order valence-electron chi connectivity index (χ0n) is 15.0. The molecule has 0 aliphatic heterocycles. The van der Waals surface area contributed by atoms with Gasteiger partial charge in [-0.15, -0.1) is 0 Å². The molecule has 0 unspecified atom stereocenters. The van der Waals surface area contributed by atoms with Gasteiger partial charge in [-0.05, 0) is 18.9 Å². The van der Waals surface area contributed by atoms with Crippen LogP contribution in [0.25, 0.3) is 0 Å². The summed E-state index contributed by atoms with van der Waals surface area (Å²) in [4.78, 5) is 35.9. The van der Waals surface area contributed by atoms with Crippen LogP contribution in [0.3, 0.4) is 0 Å². The summed E-state index contributed by atoms with van der Waals surface area (Å²) in [7, 11) is -3.74. The van der Waals surface area contributed by atoms with Gasteiger partial charge in [0, 0.05) is 37.0 Å². The van der Waals surface area contributed by atoms with Gasteiger partial charge in [0.1, 0.15) is 0 Å². The number of non-ortho nitro benzene ring substituents is 1. The Morgan fingerprint density at radius 3 is 2.35 bits per heavy atom. The van der Waals surface area contributed by atoms with Crippen molar-refractivity contribution in [3.05, 3.63) is 33.9 Å². The highest BCUT2D eigenvalue weighted by atomic mass is 32.2. The maximum Gasteiger partial charge on any atom is 0.271 e. The first-order valence-electron chi connectivity index (χ1n) is 8.15. The lowest BCUT2D eigenvalue weighted by Crippen LogP contribution is -2.41. The number of nitro benzene ring substituents is 1. The fourth-order valence-electron chi connectivity index (χ4n) is 2.22. The van der Waals surface area contributed by atoms with Crippen LogP contribution in [0.1, 0.15) is 37.0 Å². The molecular formula is C16H23N3O6S. The number of hydrogen-bond donors (Lipinski definition) is 1. The van der Waals surface area contributed by atoms with Crippen molar-refractivity contribution in [2.45, 2.75) is 31.6 Å². The number of amides is 2. The number of sulfone groups is 1. The van der Waals surface area contributed by atoms with E-state index in [1.165, 1.54) is 4.90 Å². The molecule has 0 aromatic heterocycles. The minimum Gasteiger partial charge on any atom is -0.355 e. The Hall–Kier alpha value is -2.49. The van der Waals surface area contributed by atoms with Crippen molar-refractivity contribution in [2.24, 2.45) is 0 Å². The maximum atomic E-state index is 12.7. The lowest BCUT2D eigenvalue weighted by Gasteiger charge is -2.22. The molecular weight excluding hydrogens is 362 g/mol. The molecule has 1 aromatic rings. The van der Waals surface area contributed by atoms with Crippen LogP contribution in [0.5, 0.6) is 0 Å². The molecule has 144 valence electrons. The minimum absolute atomic E-state index is 0.142. The number of nitro groups is 1. The summed E-state index contributed by atoms with van der Waals surface area (Å²) in [5, 5.41) is 13.7. The Kier molecular flexibility index (Phi) is 7.69. The lowest BCUT2D eigenvalue weighted by atomic mass is 10.1. The Morgan fingerprint density at radius 2 is 1.85 bits per heavy atom. The van der Waals surface area contributed by atoms with Gasteiger partial charge in [0.25, 0.3) is 11.6 Å². The molecule has 9 nitrogen and oxygen atoms in total. The van der Waals surface area contributed by atoms with Crippen molar-refractivity contribution in [3.63, 3.8) is 0 Å². The molecule has 0 saturated carbocycles. The Labute approximate surface area is 152 Å². The third-order valence-electron chi connectivity index (χ3n) is 3.46. The predicted molar refractivity (Wildman–Crippen MR) is 95.7 cm³/mol. The van der Waals surface area contributed by atoms with Gasteiger partial charge in [-0.25, -0.2) is 8.42 Å². The Balaban J connectivity index is 3.23. The second-order valence-electron chi connectivity index (χ2n) is 5.82. The number of nitrogens with one attached hydrogen (secondary N) is 1. The molecule has 0 radical (unpaired) electrons. The first kappa shape index (κ1) is 21.6. The lowest BCUT2D eigenvalue weighted by molar-refractivity contribution is -0.385. The zero-order valence-corrected chi connectivity index (χ0v) is 15.8. The van der Waals surface area contributed by atoms with Gasteiger partial charge < -0.3 is 10.2 Å². The zero-order chi connectivity index (χ0) is 19.9. The van der Waals surface area contributed by atoms with Gasteiger partial charge in [-0.2, -0.15) is 0 Å². The molecule has 0 heterocycles. The van der Waals surface area contributed by atoms with Gasteiger partial charge in [-0.3, -0.25) is 19.7 Å². The third-order valence-corrected chi connectivity index (χ3v) is 4.56. The second kappa shape index (κ2) is 9.27. The molecule has 0 aliphatic rings. The molecule has 1 rings (SSSR count). The molecule has 0 saturated heterocycles. The summed E-state index contributed by atoms with van der Waals surface area (Å²) in [6, 6.07) is 3.02. The monoisotopic (exact) mass is 385 g/mol. The summed E-state index contributed by atoms with van der Waals surface area (Å²) in [5.74, 6) is -0.977. The summed E-state index contributed by atoms with van der Waals surface area (Å²) in [6.07, 6.45) is 2.22. The topological polar surface area (TPSA) is 127 Å². The summed E-state index contributed by atoms with van der Waals surface area (Å²) < 4.78 is 23.5. The third kappa shape index (κ3) is 6.10. The van der Waals surface area contributed by atoms with Gasteiger partial charge in [0.15, 0.2) is 9.84 Å². The van der Waals surface area contributed by atoms with E-state index in [9.17, 15) is 28.1 Å². The van der Waals surface area contributed by atoms with Crippen LogP contribution >= 0.6 is 0 Å². The van der Waals surface area contributed by atoms with E-state index in [0.29, 0.717) is 13.0 Å². The molecule has 0 bridgehead atoms. The highest BCUT2D eigenvalue weighted by molar-refractivity contribution is 7.90. The normalized spacial score (nSPS) is 11.0. The first-order valence-corrected chi connectivity index (χ1v) is 10.0. The van der Waals surface area contributed by atoms with E-state index in [1.807, 2.05) is 13.8 Å². The average Bonchev–Trinajstić information content (AvgIpc) is 2.57. The quantitative estimate of drug-likeness (QED) is 0.505.